The van der Waals surface area contributed by atoms with E-state index in [0.717, 1.165) is 61.5 Å². The number of aliphatic hydroxyl groups is 2. The Morgan fingerprint density at radius 3 is 1.59 bits per heavy atom. The Labute approximate surface area is 203 Å². The highest BCUT2D eigenvalue weighted by atomic mass is 16.5. The standard InChI is InChI=1S/C27H39NO6/c1-31-24-13-7-19(15-26(24)33-3)5-9-21-11-12-22(28(21)17-23(30)18-29)10-6-20-8-14-25(32-2)27(16-20)34-4/h7-8,13-16,21-23,29-30H,5-6,9-12,17-18H2,1-4H3/t21?,22?,23-/m1/s1. The quantitative estimate of drug-likeness (QED) is 0.461. The van der Waals surface area contributed by atoms with Crippen LogP contribution in [0.15, 0.2) is 36.4 Å². The van der Waals surface area contributed by atoms with Gasteiger partial charge in [0, 0.05) is 18.6 Å². The van der Waals surface area contributed by atoms with E-state index in [2.05, 4.69) is 17.0 Å². The molecule has 1 saturated heterocycles. The molecule has 34 heavy (non-hydrogen) atoms. The summed E-state index contributed by atoms with van der Waals surface area (Å²) >= 11 is 0. The number of methoxy groups -OCH3 is 4. The summed E-state index contributed by atoms with van der Waals surface area (Å²) < 4.78 is 21.6. The third-order valence-electron chi connectivity index (χ3n) is 6.83. The molecular formula is C27H39NO6. The Morgan fingerprint density at radius 1 is 0.765 bits per heavy atom. The third kappa shape index (κ3) is 6.56. The molecule has 1 fully saturated rings. The number of ether oxygens (including phenoxy) is 4. The van der Waals surface area contributed by atoms with Crippen LogP contribution in [-0.4, -0.2) is 74.9 Å². The summed E-state index contributed by atoms with van der Waals surface area (Å²) in [6.45, 7) is 0.269. The molecule has 1 aliphatic rings. The van der Waals surface area contributed by atoms with E-state index in [1.54, 1.807) is 28.4 Å². The van der Waals surface area contributed by atoms with E-state index in [0.29, 0.717) is 18.6 Å². The van der Waals surface area contributed by atoms with Gasteiger partial charge < -0.3 is 29.2 Å². The van der Waals surface area contributed by atoms with Gasteiger partial charge in [-0.25, -0.2) is 0 Å². The van der Waals surface area contributed by atoms with Crippen LogP contribution in [0.2, 0.25) is 0 Å². The number of aliphatic hydroxyl groups excluding tert-OH is 2. The molecule has 3 atom stereocenters. The molecule has 0 radical (unpaired) electrons. The second-order valence-corrected chi connectivity index (χ2v) is 8.87. The van der Waals surface area contributed by atoms with Gasteiger partial charge in [-0.3, -0.25) is 4.90 Å². The summed E-state index contributed by atoms with van der Waals surface area (Å²) in [5, 5.41) is 19.7. The van der Waals surface area contributed by atoms with Crippen molar-refractivity contribution < 1.29 is 29.2 Å². The highest BCUT2D eigenvalue weighted by Gasteiger charge is 2.33. The Balaban J connectivity index is 1.65. The van der Waals surface area contributed by atoms with Crippen LogP contribution in [0.4, 0.5) is 0 Å². The van der Waals surface area contributed by atoms with Crippen LogP contribution in [0.25, 0.3) is 0 Å². The molecule has 3 rings (SSSR count). The summed E-state index contributed by atoms with van der Waals surface area (Å²) in [6, 6.07) is 12.9. The summed E-state index contributed by atoms with van der Waals surface area (Å²) in [4.78, 5) is 2.41. The molecule has 1 heterocycles. The maximum atomic E-state index is 10.2. The van der Waals surface area contributed by atoms with Crippen LogP contribution in [0.3, 0.4) is 0 Å². The van der Waals surface area contributed by atoms with Crippen molar-refractivity contribution in [1.29, 1.82) is 0 Å². The van der Waals surface area contributed by atoms with Gasteiger partial charge in [-0.2, -0.15) is 0 Å². The number of β-amino-alcohol motifs (C(OH)–C–C–N with tert-alkyl or cyclic N) is 1. The first kappa shape index (κ1) is 26.1. The highest BCUT2D eigenvalue weighted by Crippen LogP contribution is 2.33. The van der Waals surface area contributed by atoms with Crippen molar-refractivity contribution in [1.82, 2.24) is 4.90 Å². The molecular weight excluding hydrogens is 434 g/mol. The van der Waals surface area contributed by atoms with E-state index in [1.165, 1.54) is 11.1 Å². The molecule has 7 nitrogen and oxygen atoms in total. The van der Waals surface area contributed by atoms with Crippen LogP contribution >= 0.6 is 0 Å². The monoisotopic (exact) mass is 473 g/mol. The molecule has 2 N–H and O–H groups in total. The molecule has 0 amide bonds. The molecule has 0 aliphatic carbocycles. The van der Waals surface area contributed by atoms with Crippen molar-refractivity contribution in [3.8, 4) is 23.0 Å². The fourth-order valence-corrected chi connectivity index (χ4v) is 4.97. The Bertz CT molecular complexity index is 837. The maximum Gasteiger partial charge on any atom is 0.160 e. The molecule has 0 spiro atoms. The smallest absolute Gasteiger partial charge is 0.160 e. The van der Waals surface area contributed by atoms with E-state index < -0.39 is 6.10 Å². The van der Waals surface area contributed by atoms with Gasteiger partial charge in [0.15, 0.2) is 23.0 Å². The van der Waals surface area contributed by atoms with Crippen LogP contribution in [-0.2, 0) is 12.8 Å². The van der Waals surface area contributed by atoms with Gasteiger partial charge >= 0.3 is 0 Å². The number of hydrogen-bond acceptors (Lipinski definition) is 7. The zero-order chi connectivity index (χ0) is 24.5. The van der Waals surface area contributed by atoms with Crippen LogP contribution in [0.5, 0.6) is 23.0 Å². The number of benzene rings is 2. The molecule has 0 aromatic heterocycles. The molecule has 188 valence electrons. The fourth-order valence-electron chi connectivity index (χ4n) is 4.97. The molecule has 2 aromatic carbocycles. The van der Waals surface area contributed by atoms with Crippen molar-refractivity contribution in [2.24, 2.45) is 0 Å². The minimum absolute atomic E-state index is 0.221. The van der Waals surface area contributed by atoms with Crippen LogP contribution in [0, 0.1) is 0 Å². The molecule has 1 aliphatic heterocycles. The zero-order valence-electron chi connectivity index (χ0n) is 20.8. The van der Waals surface area contributed by atoms with Crippen molar-refractivity contribution in [2.45, 2.75) is 56.7 Å². The van der Waals surface area contributed by atoms with Crippen molar-refractivity contribution in [2.75, 3.05) is 41.6 Å². The van der Waals surface area contributed by atoms with Gasteiger partial charge in [0.05, 0.1) is 41.2 Å². The predicted octanol–water partition coefficient (Wildman–Crippen LogP) is 3.47. The largest absolute Gasteiger partial charge is 0.493 e. The predicted molar refractivity (Wildman–Crippen MR) is 132 cm³/mol. The van der Waals surface area contributed by atoms with Gasteiger partial charge in [-0.1, -0.05) is 12.1 Å². The van der Waals surface area contributed by atoms with Gasteiger partial charge in [-0.05, 0) is 73.9 Å². The van der Waals surface area contributed by atoms with Crippen molar-refractivity contribution in [3.63, 3.8) is 0 Å². The van der Waals surface area contributed by atoms with Gasteiger partial charge in [0.25, 0.3) is 0 Å². The summed E-state index contributed by atoms with van der Waals surface area (Å²) in [6.07, 6.45) is 5.24. The lowest BCUT2D eigenvalue weighted by Gasteiger charge is -2.32. The lowest BCUT2D eigenvalue weighted by molar-refractivity contribution is 0.0393. The first-order valence-corrected chi connectivity index (χ1v) is 12.0. The Morgan fingerprint density at radius 2 is 1.21 bits per heavy atom. The average Bonchev–Trinajstić information content (AvgIpc) is 3.26. The SMILES string of the molecule is COc1ccc(CCC2CCC(CCc3ccc(OC)c(OC)c3)N2C[C@@H](O)CO)cc1OC. The Kier molecular flexibility index (Phi) is 9.86. The number of nitrogens with zero attached hydrogens (tertiary/aromatic N) is 1. The van der Waals surface area contributed by atoms with E-state index in [1.807, 2.05) is 24.3 Å². The number of hydrogen-bond donors (Lipinski definition) is 2. The minimum atomic E-state index is -0.731. The first-order valence-electron chi connectivity index (χ1n) is 12.0. The molecule has 0 bridgehead atoms. The van der Waals surface area contributed by atoms with Crippen LogP contribution in [0.1, 0.15) is 36.8 Å². The fraction of sp³-hybridized carbons (Fsp3) is 0.556. The molecule has 2 unspecified atom stereocenters. The van der Waals surface area contributed by atoms with Crippen molar-refractivity contribution >= 4 is 0 Å². The number of aryl methyl sites for hydroxylation is 2. The molecule has 2 aromatic rings. The summed E-state index contributed by atoms with van der Waals surface area (Å²) in [5.41, 5.74) is 2.41. The van der Waals surface area contributed by atoms with Crippen LogP contribution < -0.4 is 18.9 Å². The summed E-state index contributed by atoms with van der Waals surface area (Å²) in [5.74, 6) is 2.95. The van der Waals surface area contributed by atoms with Gasteiger partial charge in [0.1, 0.15) is 0 Å². The lowest BCUT2D eigenvalue weighted by atomic mass is 10.0. The van der Waals surface area contributed by atoms with E-state index in [9.17, 15) is 10.2 Å². The van der Waals surface area contributed by atoms with Gasteiger partial charge in [0.2, 0.25) is 0 Å². The minimum Gasteiger partial charge on any atom is -0.493 e. The summed E-state index contributed by atoms with van der Waals surface area (Å²) in [7, 11) is 6.59. The van der Waals surface area contributed by atoms with Crippen molar-refractivity contribution in [3.05, 3.63) is 47.5 Å². The second kappa shape index (κ2) is 12.8. The second-order valence-electron chi connectivity index (χ2n) is 8.87. The Hall–Kier alpha value is -2.48. The molecule has 7 heteroatoms. The van der Waals surface area contributed by atoms with E-state index in [4.69, 9.17) is 18.9 Å². The molecule has 0 saturated carbocycles. The first-order chi connectivity index (χ1) is 16.5. The number of rotatable bonds is 13. The zero-order valence-corrected chi connectivity index (χ0v) is 20.8. The highest BCUT2D eigenvalue weighted by molar-refractivity contribution is 5.43. The van der Waals surface area contributed by atoms with Gasteiger partial charge in [-0.15, -0.1) is 0 Å². The normalized spacial score (nSPS) is 19.1. The number of likely N-dealkylation sites (tertiary alicyclic amines) is 1. The van der Waals surface area contributed by atoms with E-state index >= 15 is 0 Å². The third-order valence-corrected chi connectivity index (χ3v) is 6.83. The topological polar surface area (TPSA) is 80.6 Å². The average molecular weight is 474 g/mol. The van der Waals surface area contributed by atoms with E-state index in [-0.39, 0.29) is 6.61 Å². The maximum absolute atomic E-state index is 10.2. The lowest BCUT2D eigenvalue weighted by Crippen LogP contribution is -2.42.